The van der Waals surface area contributed by atoms with E-state index in [1.807, 2.05) is 30.7 Å². The molecule has 39 heavy (non-hydrogen) atoms. The van der Waals surface area contributed by atoms with Crippen molar-refractivity contribution in [3.63, 3.8) is 0 Å². The summed E-state index contributed by atoms with van der Waals surface area (Å²) in [5.41, 5.74) is 5.81. The Morgan fingerprint density at radius 1 is 1.10 bits per heavy atom. The molecule has 1 fully saturated rings. The van der Waals surface area contributed by atoms with Crippen molar-refractivity contribution < 1.29 is 4.74 Å². The zero-order valence-corrected chi connectivity index (χ0v) is 23.4. The van der Waals surface area contributed by atoms with E-state index in [-0.39, 0.29) is 17.0 Å². The number of ether oxygens (including phenoxy) is 1. The van der Waals surface area contributed by atoms with Crippen LogP contribution in [-0.2, 0) is 23.1 Å². The average molecular weight is 528 g/mol. The van der Waals surface area contributed by atoms with Gasteiger partial charge in [0.2, 0.25) is 5.95 Å². The minimum absolute atomic E-state index is 0.0645. The number of nitrogens with zero attached hydrogens (tertiary/aromatic N) is 6. The van der Waals surface area contributed by atoms with Crippen molar-refractivity contribution in [3.8, 4) is 5.69 Å². The standard InChI is InChI=1S/C30H37N7O2/c1-19(2)36-28(38)25-16-32-29(34-27(25)37(36)23-8-11-31-26(15-23)30(3,4)5)33-22-7-6-21-17-35(12-9-20(21)14-22)24-10-13-39-18-24/h6-8,11,14-16,19,24H,9-10,12-13,17-18H2,1-5H3,(H,32,33,34). The van der Waals surface area contributed by atoms with Gasteiger partial charge in [0.15, 0.2) is 5.65 Å². The minimum atomic E-state index is -0.127. The normalized spacial score (nSPS) is 18.2. The molecule has 0 spiro atoms. The van der Waals surface area contributed by atoms with E-state index in [4.69, 9.17) is 9.72 Å². The second-order valence-electron chi connectivity index (χ2n) is 12.0. The monoisotopic (exact) mass is 527 g/mol. The third-order valence-corrected chi connectivity index (χ3v) is 7.80. The summed E-state index contributed by atoms with van der Waals surface area (Å²) in [6.45, 7) is 14.1. The molecule has 2 aliphatic heterocycles. The summed E-state index contributed by atoms with van der Waals surface area (Å²) in [6, 6.07) is 10.9. The Hall–Kier alpha value is -3.56. The van der Waals surface area contributed by atoms with Crippen molar-refractivity contribution in [3.05, 3.63) is 69.9 Å². The van der Waals surface area contributed by atoms with Crippen LogP contribution in [0.5, 0.6) is 0 Å². The molecule has 5 heterocycles. The third kappa shape index (κ3) is 4.85. The second-order valence-corrected chi connectivity index (χ2v) is 12.0. The molecule has 2 aliphatic rings. The molecule has 3 aromatic heterocycles. The Bertz CT molecular complexity index is 1570. The molecule has 9 nitrogen and oxygen atoms in total. The first-order chi connectivity index (χ1) is 18.7. The summed E-state index contributed by atoms with van der Waals surface area (Å²) in [6.07, 6.45) is 5.56. The van der Waals surface area contributed by atoms with Crippen molar-refractivity contribution >= 4 is 22.7 Å². The number of benzene rings is 1. The van der Waals surface area contributed by atoms with Crippen LogP contribution in [0.4, 0.5) is 11.6 Å². The van der Waals surface area contributed by atoms with Crippen molar-refractivity contribution in [2.75, 3.05) is 25.1 Å². The third-order valence-electron chi connectivity index (χ3n) is 7.80. The fourth-order valence-electron chi connectivity index (χ4n) is 5.64. The molecular formula is C30H37N7O2. The Morgan fingerprint density at radius 3 is 2.69 bits per heavy atom. The van der Waals surface area contributed by atoms with E-state index in [1.54, 1.807) is 17.1 Å². The van der Waals surface area contributed by atoms with Crippen LogP contribution in [0.2, 0.25) is 0 Å². The number of fused-ring (bicyclic) bond motifs is 2. The highest BCUT2D eigenvalue weighted by molar-refractivity contribution is 5.77. The highest BCUT2D eigenvalue weighted by atomic mass is 16.5. The molecule has 6 rings (SSSR count). The topological polar surface area (TPSA) is 90.1 Å². The molecule has 9 heteroatoms. The summed E-state index contributed by atoms with van der Waals surface area (Å²) >= 11 is 0. The van der Waals surface area contributed by atoms with Crippen LogP contribution in [0, 0.1) is 0 Å². The summed E-state index contributed by atoms with van der Waals surface area (Å²) in [7, 11) is 0. The molecule has 204 valence electrons. The van der Waals surface area contributed by atoms with Gasteiger partial charge in [-0.2, -0.15) is 4.98 Å². The highest BCUT2D eigenvalue weighted by Crippen LogP contribution is 2.28. The quantitative estimate of drug-likeness (QED) is 0.401. The summed E-state index contributed by atoms with van der Waals surface area (Å²) in [4.78, 5) is 29.9. The lowest BCUT2D eigenvalue weighted by molar-refractivity contribution is 0.135. The Balaban J connectivity index is 1.34. The van der Waals surface area contributed by atoms with Crippen molar-refractivity contribution in [1.82, 2.24) is 29.2 Å². The van der Waals surface area contributed by atoms with E-state index < -0.39 is 0 Å². The largest absolute Gasteiger partial charge is 0.380 e. The molecule has 1 N–H and O–H groups in total. The summed E-state index contributed by atoms with van der Waals surface area (Å²) in [5, 5.41) is 3.88. The van der Waals surface area contributed by atoms with Gasteiger partial charge < -0.3 is 10.1 Å². The number of nitrogens with one attached hydrogen (secondary N) is 1. The van der Waals surface area contributed by atoms with Crippen LogP contribution in [0.1, 0.15) is 63.9 Å². The van der Waals surface area contributed by atoms with Crippen LogP contribution < -0.4 is 10.9 Å². The second kappa shape index (κ2) is 9.88. The van der Waals surface area contributed by atoms with E-state index in [1.165, 1.54) is 11.1 Å². The Morgan fingerprint density at radius 2 is 1.95 bits per heavy atom. The van der Waals surface area contributed by atoms with E-state index in [2.05, 4.69) is 59.2 Å². The van der Waals surface area contributed by atoms with E-state index in [9.17, 15) is 4.79 Å². The van der Waals surface area contributed by atoms with Gasteiger partial charge in [0.25, 0.3) is 5.56 Å². The van der Waals surface area contributed by atoms with Gasteiger partial charge in [0, 0.05) is 61.0 Å². The number of pyridine rings is 1. The van der Waals surface area contributed by atoms with Crippen molar-refractivity contribution in [1.29, 1.82) is 0 Å². The van der Waals surface area contributed by atoms with Gasteiger partial charge in [0.1, 0.15) is 5.39 Å². The molecule has 0 amide bonds. The Labute approximate surface area is 228 Å². The number of hydrogen-bond acceptors (Lipinski definition) is 7. The molecule has 1 unspecified atom stereocenters. The smallest absolute Gasteiger partial charge is 0.278 e. The first-order valence-electron chi connectivity index (χ1n) is 13.9. The van der Waals surface area contributed by atoms with Crippen molar-refractivity contribution in [2.45, 2.75) is 71.5 Å². The van der Waals surface area contributed by atoms with E-state index >= 15 is 0 Å². The van der Waals surface area contributed by atoms with Crippen LogP contribution in [-0.4, -0.2) is 55.0 Å². The predicted molar refractivity (Wildman–Crippen MR) is 153 cm³/mol. The van der Waals surface area contributed by atoms with Crippen LogP contribution in [0.3, 0.4) is 0 Å². The molecule has 0 saturated carbocycles. The molecule has 1 aromatic carbocycles. The maximum Gasteiger partial charge on any atom is 0.278 e. The summed E-state index contributed by atoms with van der Waals surface area (Å²) in [5.74, 6) is 0.461. The van der Waals surface area contributed by atoms with E-state index in [0.29, 0.717) is 23.0 Å². The van der Waals surface area contributed by atoms with Gasteiger partial charge in [-0.05, 0) is 62.1 Å². The lowest BCUT2D eigenvalue weighted by Gasteiger charge is -2.33. The maximum atomic E-state index is 13.4. The Kier molecular flexibility index (Phi) is 6.51. The predicted octanol–water partition coefficient (Wildman–Crippen LogP) is 4.75. The van der Waals surface area contributed by atoms with Gasteiger partial charge in [0.05, 0.1) is 12.3 Å². The molecule has 0 aliphatic carbocycles. The molecule has 1 saturated heterocycles. The molecule has 4 aromatic rings. The molecular weight excluding hydrogens is 490 g/mol. The van der Waals surface area contributed by atoms with Gasteiger partial charge in [-0.3, -0.25) is 14.7 Å². The van der Waals surface area contributed by atoms with Gasteiger partial charge in [-0.25, -0.2) is 14.3 Å². The SMILES string of the molecule is CC(C)n1c(=O)c2cnc(Nc3ccc4c(c3)CCN(C3CCOC3)C4)nc2n1-c1ccnc(C(C)(C)C)c1. The fourth-order valence-corrected chi connectivity index (χ4v) is 5.64. The van der Waals surface area contributed by atoms with E-state index in [0.717, 1.165) is 56.2 Å². The summed E-state index contributed by atoms with van der Waals surface area (Å²) < 4.78 is 9.25. The first-order valence-corrected chi connectivity index (χ1v) is 13.9. The van der Waals surface area contributed by atoms with Crippen molar-refractivity contribution in [2.24, 2.45) is 0 Å². The lowest BCUT2D eigenvalue weighted by Crippen LogP contribution is -2.39. The molecule has 0 bridgehead atoms. The number of aromatic nitrogens is 5. The molecule has 1 atom stereocenters. The minimum Gasteiger partial charge on any atom is -0.380 e. The van der Waals surface area contributed by atoms with Gasteiger partial charge >= 0.3 is 0 Å². The molecule has 0 radical (unpaired) electrons. The number of hydrogen-bond donors (Lipinski definition) is 1. The zero-order valence-electron chi connectivity index (χ0n) is 23.4. The van der Waals surface area contributed by atoms with Crippen LogP contribution >= 0.6 is 0 Å². The number of rotatable bonds is 5. The highest BCUT2D eigenvalue weighted by Gasteiger charge is 2.27. The first kappa shape index (κ1) is 25.7. The average Bonchev–Trinajstić information content (AvgIpc) is 3.55. The van der Waals surface area contributed by atoms with Crippen LogP contribution in [0.25, 0.3) is 16.7 Å². The van der Waals surface area contributed by atoms with Gasteiger partial charge in [-0.1, -0.05) is 26.8 Å². The van der Waals surface area contributed by atoms with Gasteiger partial charge in [-0.15, -0.1) is 0 Å². The number of anilines is 2. The fraction of sp³-hybridized carbons (Fsp3) is 0.467. The lowest BCUT2D eigenvalue weighted by atomic mass is 9.91. The van der Waals surface area contributed by atoms with Crippen LogP contribution in [0.15, 0.2) is 47.5 Å². The zero-order chi connectivity index (χ0) is 27.3. The maximum absolute atomic E-state index is 13.4.